The Morgan fingerprint density at radius 1 is 1.21 bits per heavy atom. The van der Waals surface area contributed by atoms with Crippen LogP contribution in [-0.4, -0.2) is 28.9 Å². The van der Waals surface area contributed by atoms with Crippen molar-refractivity contribution in [2.75, 3.05) is 14.2 Å². The van der Waals surface area contributed by atoms with Crippen LogP contribution in [0.25, 0.3) is 21.7 Å². The maximum absolute atomic E-state index is 5.71. The summed E-state index contributed by atoms with van der Waals surface area (Å²) in [5.74, 6) is 1.30. The van der Waals surface area contributed by atoms with E-state index in [2.05, 4.69) is 25.1 Å². The summed E-state index contributed by atoms with van der Waals surface area (Å²) in [4.78, 5) is 6.36. The molecule has 6 nitrogen and oxygen atoms in total. The molecule has 0 aliphatic carbocycles. The second-order valence-electron chi connectivity index (χ2n) is 6.65. The Kier molecular flexibility index (Phi) is 5.25. The van der Waals surface area contributed by atoms with E-state index in [1.54, 1.807) is 23.1 Å². The molecule has 28 heavy (non-hydrogen) atoms. The maximum Gasteiger partial charge on any atom is 0.292 e. The zero-order chi connectivity index (χ0) is 19.7. The van der Waals surface area contributed by atoms with E-state index in [4.69, 9.17) is 26.4 Å². The molecule has 8 heteroatoms. The number of quaternary nitrogens is 1. The molecule has 1 unspecified atom stereocenters. The number of nitrogens with one attached hydrogen (secondary N) is 1. The Hall–Kier alpha value is -2.55. The highest BCUT2D eigenvalue weighted by Gasteiger charge is 2.21. The normalized spacial score (nSPS) is 13.5. The summed E-state index contributed by atoms with van der Waals surface area (Å²) in [5, 5.41) is 5.66. The molecule has 0 amide bonds. The van der Waals surface area contributed by atoms with Gasteiger partial charge in [0.15, 0.2) is 11.7 Å². The summed E-state index contributed by atoms with van der Waals surface area (Å²) in [6, 6.07) is 16.0. The second-order valence-corrected chi connectivity index (χ2v) is 8.06. The minimum Gasteiger partial charge on any atom is -0.497 e. The van der Waals surface area contributed by atoms with E-state index < -0.39 is 0 Å². The molecule has 0 spiro atoms. The van der Waals surface area contributed by atoms with Crippen molar-refractivity contribution in [3.05, 3.63) is 58.4 Å². The molecule has 2 aromatic carbocycles. The van der Waals surface area contributed by atoms with Gasteiger partial charge >= 0.3 is 0 Å². The van der Waals surface area contributed by atoms with Crippen molar-refractivity contribution in [1.82, 2.24) is 14.8 Å². The Bertz CT molecular complexity index is 1110. The third-order valence-electron chi connectivity index (χ3n) is 4.76. The lowest BCUT2D eigenvalue weighted by Crippen LogP contribution is -3.08. The van der Waals surface area contributed by atoms with Gasteiger partial charge in [-0.2, -0.15) is 4.68 Å². The third-order valence-corrected chi connectivity index (χ3v) is 6.28. The van der Waals surface area contributed by atoms with Gasteiger partial charge in [-0.25, -0.2) is 4.98 Å². The number of para-hydroxylation sites is 1. The SMILES string of the molecule is COc1ccc(-c2nn(C[NH+](C)[C@@H](C)c3nc4ccccc4s3)c(=S)o2)cc1. The molecule has 2 heterocycles. The third kappa shape index (κ3) is 3.71. The molecule has 4 aromatic rings. The lowest BCUT2D eigenvalue weighted by molar-refractivity contribution is -0.933. The van der Waals surface area contributed by atoms with Crippen LogP contribution < -0.4 is 9.64 Å². The van der Waals surface area contributed by atoms with E-state index in [0.717, 1.165) is 21.8 Å². The van der Waals surface area contributed by atoms with Gasteiger partial charge in [0.05, 0.1) is 24.4 Å². The number of rotatable bonds is 6. The first-order valence-corrected chi connectivity index (χ1v) is 10.2. The molecule has 2 atom stereocenters. The van der Waals surface area contributed by atoms with Crippen LogP contribution in [0.5, 0.6) is 5.75 Å². The first kappa shape index (κ1) is 18.8. The van der Waals surface area contributed by atoms with E-state index in [1.807, 2.05) is 42.5 Å². The number of benzene rings is 2. The molecular weight excluding hydrogens is 392 g/mol. The van der Waals surface area contributed by atoms with E-state index in [0.29, 0.717) is 17.4 Å². The maximum atomic E-state index is 5.71. The molecule has 0 fully saturated rings. The van der Waals surface area contributed by atoms with Crippen LogP contribution >= 0.6 is 23.6 Å². The highest BCUT2D eigenvalue weighted by molar-refractivity contribution is 7.71. The van der Waals surface area contributed by atoms with Gasteiger partial charge in [-0.05, 0) is 55.5 Å². The van der Waals surface area contributed by atoms with Crippen molar-refractivity contribution in [2.24, 2.45) is 0 Å². The van der Waals surface area contributed by atoms with E-state index in [1.165, 1.54) is 9.60 Å². The summed E-state index contributed by atoms with van der Waals surface area (Å²) in [5.41, 5.74) is 1.91. The highest BCUT2D eigenvalue weighted by atomic mass is 32.1. The predicted octanol–water partition coefficient (Wildman–Crippen LogP) is 3.72. The average molecular weight is 414 g/mol. The number of methoxy groups -OCH3 is 1. The standard InChI is InChI=1S/C20H20N4O2S2/c1-13(19-21-16-6-4-5-7-17(16)28-19)23(2)12-24-20(27)26-18(22-24)14-8-10-15(25-3)11-9-14/h4-11,13H,12H2,1-3H3/p+1/t13-/m0/s1. The number of hydrogen-bond acceptors (Lipinski definition) is 6. The summed E-state index contributed by atoms with van der Waals surface area (Å²) in [6.07, 6.45) is 0. The molecule has 0 saturated carbocycles. The zero-order valence-electron chi connectivity index (χ0n) is 15.9. The molecule has 0 aliphatic heterocycles. The number of ether oxygens (including phenoxy) is 1. The lowest BCUT2D eigenvalue weighted by Gasteiger charge is -2.19. The van der Waals surface area contributed by atoms with Crippen LogP contribution in [0.2, 0.25) is 0 Å². The number of aromatic nitrogens is 3. The van der Waals surface area contributed by atoms with E-state index >= 15 is 0 Å². The first-order chi connectivity index (χ1) is 13.5. The van der Waals surface area contributed by atoms with Crippen molar-refractivity contribution in [3.63, 3.8) is 0 Å². The van der Waals surface area contributed by atoms with E-state index in [-0.39, 0.29) is 6.04 Å². The van der Waals surface area contributed by atoms with Crippen LogP contribution in [0.1, 0.15) is 18.0 Å². The Morgan fingerprint density at radius 3 is 2.68 bits per heavy atom. The smallest absolute Gasteiger partial charge is 0.292 e. The van der Waals surface area contributed by atoms with Crippen LogP contribution in [0.3, 0.4) is 0 Å². The van der Waals surface area contributed by atoms with E-state index in [9.17, 15) is 0 Å². The number of thiazole rings is 1. The lowest BCUT2D eigenvalue weighted by atomic mass is 10.2. The molecule has 2 aromatic heterocycles. The molecule has 1 N–H and O–H groups in total. The van der Waals surface area contributed by atoms with Crippen molar-refractivity contribution >= 4 is 33.8 Å². The topological polar surface area (TPSA) is 57.5 Å². The molecule has 4 rings (SSSR count). The Balaban J connectivity index is 1.53. The van der Waals surface area contributed by atoms with Crippen LogP contribution in [-0.2, 0) is 6.67 Å². The van der Waals surface area contributed by atoms with Gasteiger partial charge in [0.25, 0.3) is 4.84 Å². The number of hydrogen-bond donors (Lipinski definition) is 1. The van der Waals surface area contributed by atoms with Gasteiger partial charge in [-0.1, -0.05) is 12.1 Å². The fourth-order valence-corrected chi connectivity index (χ4v) is 4.21. The van der Waals surface area contributed by atoms with Crippen LogP contribution in [0.4, 0.5) is 0 Å². The van der Waals surface area contributed by atoms with Crippen molar-refractivity contribution in [1.29, 1.82) is 0 Å². The minimum atomic E-state index is 0.209. The average Bonchev–Trinajstić information content (AvgIpc) is 3.31. The summed E-state index contributed by atoms with van der Waals surface area (Å²) in [6.45, 7) is 2.76. The highest BCUT2D eigenvalue weighted by Crippen LogP contribution is 2.25. The molecule has 0 aliphatic rings. The zero-order valence-corrected chi connectivity index (χ0v) is 17.5. The quantitative estimate of drug-likeness (QED) is 0.488. The number of fused-ring (bicyclic) bond motifs is 1. The number of nitrogens with zero attached hydrogens (tertiary/aromatic N) is 3. The minimum absolute atomic E-state index is 0.209. The van der Waals surface area contributed by atoms with Crippen LogP contribution in [0.15, 0.2) is 52.9 Å². The van der Waals surface area contributed by atoms with Crippen molar-refractivity contribution < 1.29 is 14.1 Å². The summed E-state index contributed by atoms with van der Waals surface area (Å²) < 4.78 is 13.8. The van der Waals surface area contributed by atoms with Gasteiger partial charge in [0.2, 0.25) is 5.89 Å². The molecule has 144 valence electrons. The van der Waals surface area contributed by atoms with Crippen LogP contribution in [0, 0.1) is 4.84 Å². The monoisotopic (exact) mass is 413 g/mol. The van der Waals surface area contributed by atoms with Gasteiger partial charge in [-0.3, -0.25) is 0 Å². The fourth-order valence-electron chi connectivity index (χ4n) is 2.92. The summed E-state index contributed by atoms with van der Waals surface area (Å²) in [7, 11) is 3.75. The van der Waals surface area contributed by atoms with Gasteiger partial charge in [0, 0.05) is 5.56 Å². The Morgan fingerprint density at radius 2 is 1.96 bits per heavy atom. The van der Waals surface area contributed by atoms with Gasteiger partial charge in [-0.15, -0.1) is 16.4 Å². The largest absolute Gasteiger partial charge is 0.497 e. The molecule has 0 radical (unpaired) electrons. The second kappa shape index (κ2) is 7.83. The van der Waals surface area contributed by atoms with Crippen molar-refractivity contribution in [3.8, 4) is 17.2 Å². The predicted molar refractivity (Wildman–Crippen MR) is 112 cm³/mol. The van der Waals surface area contributed by atoms with Crippen molar-refractivity contribution in [2.45, 2.75) is 19.6 Å². The first-order valence-electron chi connectivity index (χ1n) is 8.95. The Labute approximate surface area is 172 Å². The molecule has 0 bridgehead atoms. The molecular formula is C20H21N4O2S2+. The molecule has 0 saturated heterocycles. The fraction of sp³-hybridized carbons (Fsp3) is 0.250. The summed E-state index contributed by atoms with van der Waals surface area (Å²) >= 11 is 7.11. The van der Waals surface area contributed by atoms with Gasteiger partial charge < -0.3 is 14.1 Å². The van der Waals surface area contributed by atoms with Gasteiger partial charge in [0.1, 0.15) is 11.8 Å².